The van der Waals surface area contributed by atoms with Gasteiger partial charge >= 0.3 is 0 Å². The lowest BCUT2D eigenvalue weighted by Crippen LogP contribution is -2.13. The summed E-state index contributed by atoms with van der Waals surface area (Å²) in [7, 11) is 0. The van der Waals surface area contributed by atoms with Crippen molar-refractivity contribution in [3.63, 3.8) is 0 Å². The smallest absolute Gasteiger partial charge is 0.258 e. The van der Waals surface area contributed by atoms with Gasteiger partial charge in [-0.25, -0.2) is 9.97 Å². The summed E-state index contributed by atoms with van der Waals surface area (Å²) < 4.78 is 5.78. The van der Waals surface area contributed by atoms with Crippen molar-refractivity contribution in [1.29, 1.82) is 0 Å². The summed E-state index contributed by atoms with van der Waals surface area (Å²) in [6.45, 7) is 6.03. The van der Waals surface area contributed by atoms with Crippen LogP contribution in [0.2, 0.25) is 0 Å². The SMILES string of the molecule is CCc1ccc(NC(=O)c2cnc(Nc3ccccc3OC(C)C)nc2)cc1. The Morgan fingerprint density at radius 1 is 1.04 bits per heavy atom. The van der Waals surface area contributed by atoms with Crippen molar-refractivity contribution in [2.45, 2.75) is 33.3 Å². The summed E-state index contributed by atoms with van der Waals surface area (Å²) in [5.74, 6) is 0.862. The molecule has 0 radical (unpaired) electrons. The molecule has 0 bridgehead atoms. The van der Waals surface area contributed by atoms with Gasteiger partial charge in [0.2, 0.25) is 5.95 Å². The molecular weight excluding hydrogens is 352 g/mol. The number of aryl methyl sites for hydroxylation is 1. The molecule has 0 aliphatic carbocycles. The lowest BCUT2D eigenvalue weighted by atomic mass is 10.1. The standard InChI is InChI=1S/C22H24N4O2/c1-4-16-9-11-18(12-10-16)25-21(27)17-13-23-22(24-14-17)26-19-7-5-6-8-20(19)28-15(2)3/h5-15H,4H2,1-3H3,(H,25,27)(H,23,24,26). The van der Waals surface area contributed by atoms with Crippen LogP contribution in [0, 0.1) is 0 Å². The van der Waals surface area contributed by atoms with Crippen molar-refractivity contribution < 1.29 is 9.53 Å². The van der Waals surface area contributed by atoms with Crippen LogP contribution in [0.5, 0.6) is 5.75 Å². The molecule has 2 aromatic carbocycles. The number of amides is 1. The van der Waals surface area contributed by atoms with E-state index in [-0.39, 0.29) is 12.0 Å². The van der Waals surface area contributed by atoms with Gasteiger partial charge in [-0.05, 0) is 50.1 Å². The van der Waals surface area contributed by atoms with Gasteiger partial charge in [-0.1, -0.05) is 31.2 Å². The number of carbonyl (C=O) groups excluding carboxylic acids is 1. The molecule has 6 heteroatoms. The maximum Gasteiger partial charge on any atom is 0.258 e. The highest BCUT2D eigenvalue weighted by Gasteiger charge is 2.10. The van der Waals surface area contributed by atoms with Crippen molar-refractivity contribution in [2.75, 3.05) is 10.6 Å². The summed E-state index contributed by atoms with van der Waals surface area (Å²) in [6.07, 6.45) is 4.01. The molecule has 1 aromatic heterocycles. The highest BCUT2D eigenvalue weighted by Crippen LogP contribution is 2.26. The third-order valence-electron chi connectivity index (χ3n) is 4.03. The number of nitrogens with zero attached hydrogens (tertiary/aromatic N) is 2. The van der Waals surface area contributed by atoms with E-state index >= 15 is 0 Å². The van der Waals surface area contributed by atoms with E-state index in [2.05, 4.69) is 27.5 Å². The van der Waals surface area contributed by atoms with Gasteiger partial charge in [0.05, 0.1) is 17.4 Å². The topological polar surface area (TPSA) is 76.1 Å². The highest BCUT2D eigenvalue weighted by molar-refractivity contribution is 6.03. The fourth-order valence-electron chi connectivity index (χ4n) is 2.58. The molecule has 0 spiro atoms. The molecule has 0 aliphatic heterocycles. The number of anilines is 3. The lowest BCUT2D eigenvalue weighted by molar-refractivity contribution is 0.102. The molecule has 0 unspecified atom stereocenters. The number of carbonyl (C=O) groups is 1. The van der Waals surface area contributed by atoms with Crippen molar-refractivity contribution in [3.05, 3.63) is 72.1 Å². The Morgan fingerprint density at radius 3 is 2.36 bits per heavy atom. The minimum absolute atomic E-state index is 0.0568. The molecule has 0 fully saturated rings. The fraction of sp³-hybridized carbons (Fsp3) is 0.227. The maximum absolute atomic E-state index is 12.4. The zero-order chi connectivity index (χ0) is 19.9. The Hall–Kier alpha value is -3.41. The second kappa shape index (κ2) is 8.99. The molecule has 0 atom stereocenters. The normalized spacial score (nSPS) is 10.6. The average Bonchev–Trinajstić information content (AvgIpc) is 2.70. The first kappa shape index (κ1) is 19.4. The van der Waals surface area contributed by atoms with Crippen molar-refractivity contribution >= 4 is 23.2 Å². The first-order valence-corrected chi connectivity index (χ1v) is 9.30. The van der Waals surface area contributed by atoms with Gasteiger partial charge in [0.1, 0.15) is 5.75 Å². The number of hydrogen-bond acceptors (Lipinski definition) is 5. The Morgan fingerprint density at radius 2 is 1.71 bits per heavy atom. The van der Waals surface area contributed by atoms with E-state index in [1.807, 2.05) is 62.4 Å². The van der Waals surface area contributed by atoms with Crippen LogP contribution in [0.1, 0.15) is 36.7 Å². The van der Waals surface area contributed by atoms with Crippen LogP contribution in [0.25, 0.3) is 0 Å². The number of aromatic nitrogens is 2. The van der Waals surface area contributed by atoms with Gasteiger partial charge in [-0.2, -0.15) is 0 Å². The average molecular weight is 376 g/mol. The largest absolute Gasteiger partial charge is 0.489 e. The van der Waals surface area contributed by atoms with Crippen LogP contribution in [0.3, 0.4) is 0 Å². The molecule has 0 saturated heterocycles. The summed E-state index contributed by atoms with van der Waals surface area (Å²) in [4.78, 5) is 20.9. The third-order valence-corrected chi connectivity index (χ3v) is 4.03. The van der Waals surface area contributed by atoms with Crippen molar-refractivity contribution in [1.82, 2.24) is 9.97 Å². The van der Waals surface area contributed by atoms with E-state index in [0.29, 0.717) is 11.5 Å². The number of rotatable bonds is 7. The fourth-order valence-corrected chi connectivity index (χ4v) is 2.58. The van der Waals surface area contributed by atoms with Gasteiger partial charge in [0.15, 0.2) is 0 Å². The zero-order valence-corrected chi connectivity index (χ0v) is 16.3. The van der Waals surface area contributed by atoms with Crippen molar-refractivity contribution in [2.24, 2.45) is 0 Å². The van der Waals surface area contributed by atoms with Gasteiger partial charge in [-0.15, -0.1) is 0 Å². The molecule has 0 aliphatic rings. The minimum Gasteiger partial charge on any atom is -0.489 e. The Bertz CT molecular complexity index is 922. The Labute approximate surface area is 165 Å². The first-order valence-electron chi connectivity index (χ1n) is 9.30. The Kier molecular flexibility index (Phi) is 6.22. The molecule has 3 rings (SSSR count). The second-order valence-electron chi connectivity index (χ2n) is 6.59. The molecule has 0 saturated carbocycles. The lowest BCUT2D eigenvalue weighted by Gasteiger charge is -2.14. The second-order valence-corrected chi connectivity index (χ2v) is 6.59. The zero-order valence-electron chi connectivity index (χ0n) is 16.3. The van der Waals surface area contributed by atoms with E-state index in [1.165, 1.54) is 18.0 Å². The van der Waals surface area contributed by atoms with Crippen LogP contribution >= 0.6 is 0 Å². The van der Waals surface area contributed by atoms with Gasteiger partial charge in [-0.3, -0.25) is 4.79 Å². The molecule has 144 valence electrons. The van der Waals surface area contributed by atoms with E-state index in [0.717, 1.165) is 23.5 Å². The number of ether oxygens (including phenoxy) is 1. The molecule has 6 nitrogen and oxygen atoms in total. The van der Waals surface area contributed by atoms with E-state index in [4.69, 9.17) is 4.74 Å². The predicted molar refractivity (Wildman–Crippen MR) is 111 cm³/mol. The van der Waals surface area contributed by atoms with E-state index < -0.39 is 0 Å². The molecule has 1 amide bonds. The van der Waals surface area contributed by atoms with Gasteiger partial charge in [0, 0.05) is 18.1 Å². The third kappa shape index (κ3) is 5.07. The summed E-state index contributed by atoms with van der Waals surface area (Å²) >= 11 is 0. The van der Waals surface area contributed by atoms with Crippen LogP contribution in [0.15, 0.2) is 60.9 Å². The van der Waals surface area contributed by atoms with Crippen LogP contribution in [-0.4, -0.2) is 22.0 Å². The first-order chi connectivity index (χ1) is 13.5. The summed E-state index contributed by atoms with van der Waals surface area (Å²) in [5, 5.41) is 5.98. The Balaban J connectivity index is 1.67. The maximum atomic E-state index is 12.4. The van der Waals surface area contributed by atoms with Gasteiger partial charge < -0.3 is 15.4 Å². The highest BCUT2D eigenvalue weighted by atomic mass is 16.5. The molecule has 2 N–H and O–H groups in total. The molecular formula is C22H24N4O2. The van der Waals surface area contributed by atoms with Crippen LogP contribution < -0.4 is 15.4 Å². The van der Waals surface area contributed by atoms with Gasteiger partial charge in [0.25, 0.3) is 5.91 Å². The molecule has 28 heavy (non-hydrogen) atoms. The number of para-hydroxylation sites is 2. The quantitative estimate of drug-likeness (QED) is 0.618. The summed E-state index contributed by atoms with van der Waals surface area (Å²) in [5.41, 5.74) is 3.11. The monoisotopic (exact) mass is 376 g/mol. The number of hydrogen-bond donors (Lipinski definition) is 2. The van der Waals surface area contributed by atoms with E-state index in [1.54, 1.807) is 0 Å². The number of benzene rings is 2. The van der Waals surface area contributed by atoms with E-state index in [9.17, 15) is 4.79 Å². The minimum atomic E-state index is -0.251. The van der Waals surface area contributed by atoms with Crippen LogP contribution in [-0.2, 0) is 6.42 Å². The predicted octanol–water partition coefficient (Wildman–Crippen LogP) is 4.82. The molecule has 1 heterocycles. The van der Waals surface area contributed by atoms with Crippen LogP contribution in [0.4, 0.5) is 17.3 Å². The number of nitrogens with one attached hydrogen (secondary N) is 2. The van der Waals surface area contributed by atoms with Crippen molar-refractivity contribution in [3.8, 4) is 5.75 Å². The summed E-state index contributed by atoms with van der Waals surface area (Å²) in [6, 6.07) is 15.4. The molecule has 3 aromatic rings.